The highest BCUT2D eigenvalue weighted by molar-refractivity contribution is 7.98. The van der Waals surface area contributed by atoms with Crippen molar-refractivity contribution in [3.63, 3.8) is 0 Å². The van der Waals surface area contributed by atoms with Gasteiger partial charge in [-0.25, -0.2) is 9.97 Å². The van der Waals surface area contributed by atoms with Crippen molar-refractivity contribution >= 4 is 11.8 Å². The third-order valence-electron chi connectivity index (χ3n) is 5.94. The van der Waals surface area contributed by atoms with Crippen LogP contribution in [0.2, 0.25) is 0 Å². The smallest absolute Gasteiger partial charge is 0.187 e. The maximum Gasteiger partial charge on any atom is 0.187 e. The van der Waals surface area contributed by atoms with Crippen LogP contribution in [0.4, 0.5) is 0 Å². The molecule has 0 saturated heterocycles. The Morgan fingerprint density at radius 2 is 1.81 bits per heavy atom. The normalized spacial score (nSPS) is 11.2. The number of aliphatic hydroxyl groups is 1. The number of aliphatic hydroxyl groups excluding tert-OH is 1. The van der Waals surface area contributed by atoms with Gasteiger partial charge in [0.1, 0.15) is 30.8 Å². The largest absolute Gasteiger partial charge is 0.490 e. The van der Waals surface area contributed by atoms with E-state index in [1.54, 1.807) is 6.20 Å². The lowest BCUT2D eigenvalue weighted by Crippen LogP contribution is -2.20. The highest BCUT2D eigenvalue weighted by Gasteiger charge is 2.26. The van der Waals surface area contributed by atoms with Crippen molar-refractivity contribution in [1.29, 1.82) is 5.26 Å². The van der Waals surface area contributed by atoms with Gasteiger partial charge in [-0.05, 0) is 53.6 Å². The number of rotatable bonds is 13. The molecular weight excluding hydrogens is 474 g/mol. The molecule has 3 aromatic rings. The molecule has 1 N–H and O–H groups in total. The van der Waals surface area contributed by atoms with E-state index in [-0.39, 0.29) is 18.6 Å². The molecule has 3 rings (SSSR count). The molecule has 0 radical (unpaired) electrons. The van der Waals surface area contributed by atoms with E-state index in [0.717, 1.165) is 39.7 Å². The number of hydrogen-bond donors (Lipinski definition) is 1. The van der Waals surface area contributed by atoms with Gasteiger partial charge in [-0.3, -0.25) is 0 Å². The average molecular weight is 508 g/mol. The Morgan fingerprint density at radius 3 is 2.47 bits per heavy atom. The summed E-state index contributed by atoms with van der Waals surface area (Å²) in [7, 11) is 0. The maximum absolute atomic E-state index is 9.84. The maximum atomic E-state index is 9.84. The number of aromatic nitrogens is 2. The summed E-state index contributed by atoms with van der Waals surface area (Å²) in [6.07, 6.45) is 4.42. The number of thioether (sulfide) groups is 1. The number of nitrogens with zero attached hydrogens (tertiary/aromatic N) is 3. The Balaban J connectivity index is 1.75. The summed E-state index contributed by atoms with van der Waals surface area (Å²) in [6.45, 7) is 7.63. The Bertz CT molecular complexity index is 1180. The number of ether oxygens (including phenoxy) is 3. The highest BCUT2D eigenvalue weighted by Crippen LogP contribution is 2.37. The van der Waals surface area contributed by atoms with Crippen LogP contribution in [-0.4, -0.2) is 47.8 Å². The van der Waals surface area contributed by atoms with E-state index < -0.39 is 0 Å². The fourth-order valence-corrected chi connectivity index (χ4v) is 4.16. The van der Waals surface area contributed by atoms with E-state index >= 15 is 0 Å². The molecule has 0 atom stereocenters. The second-order valence-corrected chi connectivity index (χ2v) is 9.41. The predicted octanol–water partition coefficient (Wildman–Crippen LogP) is 4.93. The molecule has 36 heavy (non-hydrogen) atoms. The van der Waals surface area contributed by atoms with Crippen LogP contribution in [0.15, 0.2) is 53.8 Å². The van der Waals surface area contributed by atoms with Gasteiger partial charge in [0.15, 0.2) is 5.16 Å². The van der Waals surface area contributed by atoms with Crippen molar-refractivity contribution in [3.8, 4) is 17.6 Å². The molecule has 0 bridgehead atoms. The first-order chi connectivity index (χ1) is 17.4. The van der Waals surface area contributed by atoms with Crippen LogP contribution < -0.4 is 9.47 Å². The van der Waals surface area contributed by atoms with E-state index in [4.69, 9.17) is 19.3 Å². The molecule has 8 heteroatoms. The van der Waals surface area contributed by atoms with Crippen molar-refractivity contribution in [2.24, 2.45) is 0 Å². The lowest BCUT2D eigenvalue weighted by Gasteiger charge is -2.28. The molecule has 0 saturated carbocycles. The average Bonchev–Trinajstić information content (AvgIpc) is 2.91. The van der Waals surface area contributed by atoms with E-state index in [2.05, 4.69) is 48.1 Å². The minimum Gasteiger partial charge on any atom is -0.490 e. The Labute approximate surface area is 217 Å². The molecular formula is C28H33N3O4S. The standard InChI is InChI=1S/C28H33N3O4S/c1-5-20-16-23(17-21(18-29)26(20)34-15-14-33-13-12-32)28(2,3)22-6-8-25(9-7-22)35-19-24-10-11-30-27(31-24)36-4/h6-11,16-17,32H,5,12-15,19H2,1-4H3. The van der Waals surface area contributed by atoms with Crippen LogP contribution in [0.25, 0.3) is 0 Å². The number of aryl methyl sites for hydroxylation is 1. The molecule has 1 aromatic heterocycles. The first-order valence-corrected chi connectivity index (χ1v) is 13.1. The minimum atomic E-state index is -0.337. The van der Waals surface area contributed by atoms with Crippen molar-refractivity contribution in [1.82, 2.24) is 9.97 Å². The van der Waals surface area contributed by atoms with E-state index in [0.29, 0.717) is 31.1 Å². The molecule has 7 nitrogen and oxygen atoms in total. The van der Waals surface area contributed by atoms with Gasteiger partial charge < -0.3 is 19.3 Å². The zero-order valence-electron chi connectivity index (χ0n) is 21.3. The second-order valence-electron chi connectivity index (χ2n) is 8.63. The van der Waals surface area contributed by atoms with Gasteiger partial charge in [0.05, 0.1) is 31.1 Å². The molecule has 1 heterocycles. The third-order valence-corrected chi connectivity index (χ3v) is 6.50. The number of nitriles is 1. The molecule has 0 aliphatic heterocycles. The second kappa shape index (κ2) is 13.3. The number of benzene rings is 2. The van der Waals surface area contributed by atoms with Gasteiger partial charge in [0, 0.05) is 11.6 Å². The molecule has 0 fully saturated rings. The predicted molar refractivity (Wildman–Crippen MR) is 141 cm³/mol. The van der Waals surface area contributed by atoms with Crippen LogP contribution in [0, 0.1) is 11.3 Å². The molecule has 0 amide bonds. The number of hydrogen-bond acceptors (Lipinski definition) is 8. The molecule has 2 aromatic carbocycles. The topological polar surface area (TPSA) is 97.5 Å². The summed E-state index contributed by atoms with van der Waals surface area (Å²) >= 11 is 1.50. The Hall–Kier alpha value is -3.12. The first-order valence-electron chi connectivity index (χ1n) is 11.9. The Kier molecular flexibility index (Phi) is 10.1. The van der Waals surface area contributed by atoms with Crippen molar-refractivity contribution in [2.75, 3.05) is 32.7 Å². The van der Waals surface area contributed by atoms with Gasteiger partial charge in [0.25, 0.3) is 0 Å². The monoisotopic (exact) mass is 507 g/mol. The minimum absolute atomic E-state index is 0.0263. The van der Waals surface area contributed by atoms with Gasteiger partial charge >= 0.3 is 0 Å². The molecule has 190 valence electrons. The molecule has 0 aliphatic carbocycles. The quantitative estimate of drug-likeness (QED) is 0.198. The summed E-state index contributed by atoms with van der Waals surface area (Å²) in [5, 5.41) is 19.4. The highest BCUT2D eigenvalue weighted by atomic mass is 32.2. The van der Waals surface area contributed by atoms with Gasteiger partial charge in [0.2, 0.25) is 0 Å². The van der Waals surface area contributed by atoms with Crippen LogP contribution in [0.5, 0.6) is 11.5 Å². The molecule has 0 aliphatic rings. The van der Waals surface area contributed by atoms with E-state index in [1.165, 1.54) is 11.8 Å². The SMILES string of the molecule is CCc1cc(C(C)(C)c2ccc(OCc3ccnc(SC)n3)cc2)cc(C#N)c1OCCOCCO. The molecule has 0 unspecified atom stereocenters. The zero-order valence-corrected chi connectivity index (χ0v) is 22.1. The zero-order chi connectivity index (χ0) is 26.0. The summed E-state index contributed by atoms with van der Waals surface area (Å²) in [5.41, 5.74) is 4.13. The van der Waals surface area contributed by atoms with Crippen molar-refractivity contribution < 1.29 is 19.3 Å². The fourth-order valence-electron chi connectivity index (χ4n) is 3.78. The summed E-state index contributed by atoms with van der Waals surface area (Å²) in [5.74, 6) is 1.36. The van der Waals surface area contributed by atoms with Crippen LogP contribution >= 0.6 is 11.8 Å². The van der Waals surface area contributed by atoms with E-state index in [9.17, 15) is 5.26 Å². The van der Waals surface area contributed by atoms with Crippen molar-refractivity contribution in [3.05, 3.63) is 76.6 Å². The third kappa shape index (κ3) is 6.97. The van der Waals surface area contributed by atoms with E-state index in [1.807, 2.05) is 37.4 Å². The summed E-state index contributed by atoms with van der Waals surface area (Å²) in [6, 6.07) is 16.2. The fraction of sp³-hybridized carbons (Fsp3) is 0.393. The van der Waals surface area contributed by atoms with Crippen LogP contribution in [0.3, 0.4) is 0 Å². The molecule has 0 spiro atoms. The van der Waals surface area contributed by atoms with Gasteiger partial charge in [-0.1, -0.05) is 50.7 Å². The Morgan fingerprint density at radius 1 is 1.03 bits per heavy atom. The lowest BCUT2D eigenvalue weighted by atomic mass is 9.77. The lowest BCUT2D eigenvalue weighted by molar-refractivity contribution is 0.0702. The van der Waals surface area contributed by atoms with Crippen LogP contribution in [-0.2, 0) is 23.2 Å². The first kappa shape index (κ1) is 27.5. The van der Waals surface area contributed by atoms with Gasteiger partial charge in [-0.2, -0.15) is 5.26 Å². The van der Waals surface area contributed by atoms with Crippen LogP contribution in [0.1, 0.15) is 48.7 Å². The summed E-state index contributed by atoms with van der Waals surface area (Å²) < 4.78 is 17.1. The van der Waals surface area contributed by atoms with Crippen molar-refractivity contribution in [2.45, 2.75) is 44.4 Å². The summed E-state index contributed by atoms with van der Waals surface area (Å²) in [4.78, 5) is 8.64. The van der Waals surface area contributed by atoms with Gasteiger partial charge in [-0.15, -0.1) is 0 Å².